The standard InChI is InChI=1S/C11H18N2O4/c1-10(2,3)17-9(16)13-5-11(6-13)4-12-7(11)8(14)15/h7,12H,4-6H2,1-3H3,(H,14,15)/t7-/m1/s1. The van der Waals surface area contributed by atoms with Gasteiger partial charge in [0.15, 0.2) is 0 Å². The third-order valence-electron chi connectivity index (χ3n) is 3.18. The van der Waals surface area contributed by atoms with Crippen LogP contribution >= 0.6 is 0 Å². The topological polar surface area (TPSA) is 78.9 Å². The van der Waals surface area contributed by atoms with Gasteiger partial charge in [-0.15, -0.1) is 0 Å². The predicted octanol–water partition coefficient (Wildman–Crippen LogP) is 0.280. The van der Waals surface area contributed by atoms with Gasteiger partial charge in [0.25, 0.3) is 0 Å². The molecule has 0 saturated carbocycles. The van der Waals surface area contributed by atoms with Crippen molar-refractivity contribution in [3.63, 3.8) is 0 Å². The summed E-state index contributed by atoms with van der Waals surface area (Å²) in [4.78, 5) is 24.1. The molecule has 2 N–H and O–H groups in total. The van der Waals surface area contributed by atoms with Crippen molar-refractivity contribution < 1.29 is 19.4 Å². The van der Waals surface area contributed by atoms with Crippen molar-refractivity contribution in [2.45, 2.75) is 32.4 Å². The van der Waals surface area contributed by atoms with Crippen LogP contribution in [0.15, 0.2) is 0 Å². The van der Waals surface area contributed by atoms with Gasteiger partial charge in [0.05, 0.1) is 0 Å². The minimum absolute atomic E-state index is 0.275. The van der Waals surface area contributed by atoms with E-state index in [0.717, 1.165) is 0 Å². The summed E-state index contributed by atoms with van der Waals surface area (Å²) in [6, 6.07) is -0.527. The molecule has 6 nitrogen and oxygen atoms in total. The molecule has 2 rings (SSSR count). The monoisotopic (exact) mass is 242 g/mol. The summed E-state index contributed by atoms with van der Waals surface area (Å²) in [6.07, 6.45) is -0.362. The Hall–Kier alpha value is -1.30. The van der Waals surface area contributed by atoms with E-state index in [1.54, 1.807) is 4.90 Å². The maximum absolute atomic E-state index is 11.7. The number of nitrogens with one attached hydrogen (secondary N) is 1. The van der Waals surface area contributed by atoms with Crippen LogP contribution in [0.2, 0.25) is 0 Å². The molecule has 0 aliphatic carbocycles. The van der Waals surface area contributed by atoms with Crippen LogP contribution in [0.25, 0.3) is 0 Å². The van der Waals surface area contributed by atoms with Crippen LogP contribution in [0.3, 0.4) is 0 Å². The van der Waals surface area contributed by atoms with Gasteiger partial charge in [0.2, 0.25) is 0 Å². The Morgan fingerprint density at radius 3 is 2.35 bits per heavy atom. The molecule has 2 fully saturated rings. The van der Waals surface area contributed by atoms with Crippen LogP contribution in [-0.4, -0.2) is 53.3 Å². The largest absolute Gasteiger partial charge is 0.480 e. The zero-order valence-corrected chi connectivity index (χ0v) is 10.3. The smallest absolute Gasteiger partial charge is 0.410 e. The molecule has 0 aromatic rings. The van der Waals surface area contributed by atoms with Crippen molar-refractivity contribution >= 4 is 12.1 Å². The molecule has 2 aliphatic heterocycles. The molecule has 0 aromatic heterocycles. The molecular formula is C11H18N2O4. The highest BCUT2D eigenvalue weighted by Gasteiger charge is 2.59. The number of aliphatic carboxylic acids is 1. The molecule has 2 aliphatic rings. The summed E-state index contributed by atoms with van der Waals surface area (Å²) in [7, 11) is 0. The molecule has 1 amide bonds. The van der Waals surface area contributed by atoms with E-state index in [1.807, 2.05) is 20.8 Å². The van der Waals surface area contributed by atoms with Gasteiger partial charge in [-0.3, -0.25) is 4.79 Å². The fourth-order valence-electron chi connectivity index (χ4n) is 2.31. The number of nitrogens with zero attached hydrogens (tertiary/aromatic N) is 1. The van der Waals surface area contributed by atoms with E-state index in [2.05, 4.69) is 5.32 Å². The van der Waals surface area contributed by atoms with Crippen LogP contribution in [0.4, 0.5) is 4.79 Å². The molecule has 17 heavy (non-hydrogen) atoms. The van der Waals surface area contributed by atoms with E-state index in [0.29, 0.717) is 19.6 Å². The van der Waals surface area contributed by atoms with E-state index < -0.39 is 17.6 Å². The number of ether oxygens (including phenoxy) is 1. The molecule has 0 aromatic carbocycles. The first-order valence-corrected chi connectivity index (χ1v) is 5.68. The molecule has 0 unspecified atom stereocenters. The van der Waals surface area contributed by atoms with Crippen LogP contribution in [0, 0.1) is 5.41 Å². The normalized spacial score (nSPS) is 26.1. The molecule has 1 atom stereocenters. The number of hydrogen-bond acceptors (Lipinski definition) is 4. The summed E-state index contributed by atoms with van der Waals surface area (Å²) >= 11 is 0. The summed E-state index contributed by atoms with van der Waals surface area (Å²) < 4.78 is 5.22. The molecule has 2 saturated heterocycles. The molecule has 2 heterocycles. The first-order chi connectivity index (χ1) is 7.73. The van der Waals surface area contributed by atoms with Crippen molar-refractivity contribution in [2.75, 3.05) is 19.6 Å². The lowest BCUT2D eigenvalue weighted by Crippen LogP contribution is -2.79. The molecule has 0 radical (unpaired) electrons. The van der Waals surface area contributed by atoms with E-state index in [-0.39, 0.29) is 11.5 Å². The van der Waals surface area contributed by atoms with Crippen molar-refractivity contribution in [3.8, 4) is 0 Å². The van der Waals surface area contributed by atoms with Crippen LogP contribution in [0.5, 0.6) is 0 Å². The number of hydrogen-bond donors (Lipinski definition) is 2. The van der Waals surface area contributed by atoms with Gasteiger partial charge >= 0.3 is 12.1 Å². The van der Waals surface area contributed by atoms with Crippen LogP contribution in [0.1, 0.15) is 20.8 Å². The van der Waals surface area contributed by atoms with Gasteiger partial charge in [-0.05, 0) is 20.8 Å². The number of rotatable bonds is 1. The van der Waals surface area contributed by atoms with Gasteiger partial charge in [-0.2, -0.15) is 0 Å². The minimum Gasteiger partial charge on any atom is -0.480 e. The highest BCUT2D eigenvalue weighted by molar-refractivity contribution is 5.78. The quantitative estimate of drug-likeness (QED) is 0.690. The van der Waals surface area contributed by atoms with E-state index >= 15 is 0 Å². The van der Waals surface area contributed by atoms with E-state index in [1.165, 1.54) is 0 Å². The van der Waals surface area contributed by atoms with Gasteiger partial charge < -0.3 is 20.1 Å². The third kappa shape index (κ3) is 2.09. The molecule has 6 heteroatoms. The van der Waals surface area contributed by atoms with Gasteiger partial charge in [-0.1, -0.05) is 0 Å². The van der Waals surface area contributed by atoms with E-state index in [9.17, 15) is 9.59 Å². The second-order valence-electron chi connectivity index (χ2n) is 5.85. The second kappa shape index (κ2) is 3.60. The molecule has 1 spiro atoms. The summed E-state index contributed by atoms with van der Waals surface area (Å²) in [5.41, 5.74) is -0.785. The van der Waals surface area contributed by atoms with Gasteiger partial charge in [0.1, 0.15) is 11.6 Å². The highest BCUT2D eigenvalue weighted by atomic mass is 16.6. The van der Waals surface area contributed by atoms with Crippen LogP contribution < -0.4 is 5.32 Å². The maximum Gasteiger partial charge on any atom is 0.410 e. The fourth-order valence-corrected chi connectivity index (χ4v) is 2.31. The van der Waals surface area contributed by atoms with Crippen molar-refractivity contribution in [3.05, 3.63) is 0 Å². The Bertz CT molecular complexity index is 355. The Kier molecular flexibility index (Phi) is 2.57. The zero-order chi connectivity index (χ0) is 12.8. The van der Waals surface area contributed by atoms with Crippen molar-refractivity contribution in [2.24, 2.45) is 5.41 Å². The predicted molar refractivity (Wildman–Crippen MR) is 59.7 cm³/mol. The molecule has 0 bridgehead atoms. The SMILES string of the molecule is CC(C)(C)OC(=O)N1CC2(CN[C@@H]2C(=O)O)C1. The van der Waals surface area contributed by atoms with E-state index in [4.69, 9.17) is 9.84 Å². The average molecular weight is 242 g/mol. The maximum atomic E-state index is 11.7. The fraction of sp³-hybridized carbons (Fsp3) is 0.818. The Morgan fingerprint density at radius 2 is 2.00 bits per heavy atom. The lowest BCUT2D eigenvalue weighted by molar-refractivity contribution is -0.158. The van der Waals surface area contributed by atoms with Gasteiger partial charge in [-0.25, -0.2) is 4.79 Å². The minimum atomic E-state index is -0.847. The van der Waals surface area contributed by atoms with Gasteiger partial charge in [0, 0.05) is 25.0 Å². The van der Waals surface area contributed by atoms with Crippen molar-refractivity contribution in [1.82, 2.24) is 10.2 Å². The lowest BCUT2D eigenvalue weighted by Gasteiger charge is -2.58. The number of carboxylic acids is 1. The summed E-state index contributed by atoms with van der Waals surface area (Å²) in [5, 5.41) is 11.8. The number of carbonyl (C=O) groups excluding carboxylic acids is 1. The molecule has 96 valence electrons. The number of carbonyl (C=O) groups is 2. The Labute approximate surface area is 99.9 Å². The number of carboxylic acid groups (broad SMARTS) is 1. The highest BCUT2D eigenvalue weighted by Crippen LogP contribution is 2.40. The van der Waals surface area contributed by atoms with Crippen LogP contribution in [-0.2, 0) is 9.53 Å². The average Bonchev–Trinajstić information content (AvgIpc) is 1.93. The molecular weight excluding hydrogens is 224 g/mol. The van der Waals surface area contributed by atoms with Crippen molar-refractivity contribution in [1.29, 1.82) is 0 Å². The second-order valence-corrected chi connectivity index (χ2v) is 5.85. The summed E-state index contributed by atoms with van der Waals surface area (Å²) in [5.74, 6) is -0.847. The zero-order valence-electron chi connectivity index (χ0n) is 10.3. The first-order valence-electron chi connectivity index (χ1n) is 5.68. The lowest BCUT2D eigenvalue weighted by atomic mass is 9.67. The number of amides is 1. The first kappa shape index (κ1) is 12.2. The number of likely N-dealkylation sites (tertiary alicyclic amines) is 1. The third-order valence-corrected chi connectivity index (χ3v) is 3.18. The summed E-state index contributed by atoms with van der Waals surface area (Å²) in [6.45, 7) is 7.02. The Balaban J connectivity index is 1.87. The Morgan fingerprint density at radius 1 is 1.41 bits per heavy atom.